The topological polar surface area (TPSA) is 130 Å². The number of hydrogen-bond acceptors (Lipinski definition) is 9. The predicted octanol–water partition coefficient (Wildman–Crippen LogP) is 2.80. The van der Waals surface area contributed by atoms with Crippen molar-refractivity contribution in [2.45, 2.75) is 51.7 Å². The van der Waals surface area contributed by atoms with E-state index in [-0.39, 0.29) is 25.0 Å². The standard InChI is InChI=1S/C29H28N2O9/c1-16(32)38-24-15-37-29(26(40-18(3)34)25(24)39-17(2)33)31-14-19(20-8-6-7-11-23(20)31)12-13-30-27(35)21-9-4-5-10-22(21)28(30)36/h4-11,14,24-26,29H,12-13,15H2,1-3H3. The van der Waals surface area contributed by atoms with Gasteiger partial charge in [0.25, 0.3) is 11.8 Å². The first-order valence-corrected chi connectivity index (χ1v) is 12.8. The largest absolute Gasteiger partial charge is 0.456 e. The highest BCUT2D eigenvalue weighted by Crippen LogP contribution is 2.35. The lowest BCUT2D eigenvalue weighted by atomic mass is 10.0. The first kappa shape index (κ1) is 27.1. The molecule has 11 nitrogen and oxygen atoms in total. The van der Waals surface area contributed by atoms with Crippen molar-refractivity contribution in [3.63, 3.8) is 0 Å². The van der Waals surface area contributed by atoms with Crippen LogP contribution in [-0.2, 0) is 39.8 Å². The van der Waals surface area contributed by atoms with Crippen LogP contribution in [0.25, 0.3) is 10.9 Å². The third-order valence-corrected chi connectivity index (χ3v) is 6.90. The molecular weight excluding hydrogens is 520 g/mol. The van der Waals surface area contributed by atoms with Gasteiger partial charge in [-0.1, -0.05) is 30.3 Å². The number of para-hydroxylation sites is 1. The number of esters is 3. The summed E-state index contributed by atoms with van der Waals surface area (Å²) in [7, 11) is 0. The highest BCUT2D eigenvalue weighted by molar-refractivity contribution is 6.21. The molecule has 1 aromatic heterocycles. The molecule has 0 saturated carbocycles. The number of carbonyl (C=O) groups excluding carboxylic acids is 5. The number of aromatic nitrogens is 1. The molecule has 0 spiro atoms. The van der Waals surface area contributed by atoms with Gasteiger partial charge in [-0.2, -0.15) is 0 Å². The van der Waals surface area contributed by atoms with E-state index in [2.05, 4.69) is 0 Å². The minimum atomic E-state index is -1.14. The maximum Gasteiger partial charge on any atom is 0.303 e. The van der Waals surface area contributed by atoms with Gasteiger partial charge in [-0.05, 0) is 30.2 Å². The van der Waals surface area contributed by atoms with E-state index in [0.29, 0.717) is 17.5 Å². The zero-order valence-electron chi connectivity index (χ0n) is 22.2. The van der Waals surface area contributed by atoms with Gasteiger partial charge in [-0.25, -0.2) is 0 Å². The fourth-order valence-electron chi connectivity index (χ4n) is 5.32. The van der Waals surface area contributed by atoms with E-state index in [9.17, 15) is 24.0 Å². The number of amides is 2. The fourth-order valence-corrected chi connectivity index (χ4v) is 5.32. The van der Waals surface area contributed by atoms with Crippen molar-refractivity contribution in [1.82, 2.24) is 9.47 Å². The molecule has 11 heteroatoms. The van der Waals surface area contributed by atoms with E-state index in [1.165, 1.54) is 25.7 Å². The number of fused-ring (bicyclic) bond motifs is 2. The van der Waals surface area contributed by atoms with Crippen LogP contribution in [0.3, 0.4) is 0 Å². The monoisotopic (exact) mass is 548 g/mol. The Balaban J connectivity index is 1.47. The highest BCUT2D eigenvalue weighted by atomic mass is 16.6. The summed E-state index contributed by atoms with van der Waals surface area (Å²) in [6.45, 7) is 3.69. The number of ether oxygens (including phenoxy) is 4. The molecule has 4 unspecified atom stereocenters. The van der Waals surface area contributed by atoms with Crippen molar-refractivity contribution in [3.8, 4) is 0 Å². The Morgan fingerprint density at radius 2 is 1.40 bits per heavy atom. The zero-order valence-corrected chi connectivity index (χ0v) is 22.2. The quantitative estimate of drug-likeness (QED) is 0.248. The predicted molar refractivity (Wildman–Crippen MR) is 139 cm³/mol. The Bertz CT molecular complexity index is 1480. The van der Waals surface area contributed by atoms with Gasteiger partial charge >= 0.3 is 17.9 Å². The molecule has 1 fully saturated rings. The second-order valence-corrected chi connectivity index (χ2v) is 9.66. The van der Waals surface area contributed by atoms with Crippen molar-refractivity contribution in [3.05, 3.63) is 71.4 Å². The normalized spacial score (nSPS) is 22.2. The zero-order chi connectivity index (χ0) is 28.6. The van der Waals surface area contributed by atoms with Crippen LogP contribution >= 0.6 is 0 Å². The first-order chi connectivity index (χ1) is 19.2. The number of hydrogen-bond donors (Lipinski definition) is 0. The van der Waals surface area contributed by atoms with Gasteiger partial charge in [0.1, 0.15) is 0 Å². The molecule has 4 atom stereocenters. The van der Waals surface area contributed by atoms with E-state index < -0.39 is 42.4 Å². The van der Waals surface area contributed by atoms with Gasteiger partial charge in [0.2, 0.25) is 0 Å². The van der Waals surface area contributed by atoms with Gasteiger partial charge in [0, 0.05) is 38.9 Å². The molecule has 0 radical (unpaired) electrons. The molecule has 2 aliphatic heterocycles. The fraction of sp³-hybridized carbons (Fsp3) is 0.345. The molecular formula is C29H28N2O9. The molecule has 0 N–H and O–H groups in total. The molecule has 2 amide bonds. The molecule has 2 aromatic carbocycles. The number of imide groups is 1. The van der Waals surface area contributed by atoms with Crippen LogP contribution in [0.2, 0.25) is 0 Å². The molecule has 3 aromatic rings. The van der Waals surface area contributed by atoms with Crippen molar-refractivity contribution in [2.24, 2.45) is 0 Å². The van der Waals surface area contributed by atoms with Crippen molar-refractivity contribution >= 4 is 40.6 Å². The number of rotatable bonds is 7. The third-order valence-electron chi connectivity index (χ3n) is 6.90. The van der Waals surface area contributed by atoms with Gasteiger partial charge in [0.05, 0.1) is 23.3 Å². The van der Waals surface area contributed by atoms with Crippen molar-refractivity contribution in [2.75, 3.05) is 13.2 Å². The summed E-state index contributed by atoms with van der Waals surface area (Å²) in [5, 5.41) is 0.843. The average Bonchev–Trinajstić information content (AvgIpc) is 3.39. The maximum atomic E-state index is 12.9. The lowest BCUT2D eigenvalue weighted by Gasteiger charge is -2.41. The van der Waals surface area contributed by atoms with Crippen LogP contribution in [0.5, 0.6) is 0 Å². The van der Waals surface area contributed by atoms with E-state index >= 15 is 0 Å². The minimum absolute atomic E-state index is 0.114. The number of carbonyl (C=O) groups is 5. The van der Waals surface area contributed by atoms with E-state index in [4.69, 9.17) is 18.9 Å². The summed E-state index contributed by atoms with van der Waals surface area (Å²) >= 11 is 0. The second kappa shape index (κ2) is 10.9. The van der Waals surface area contributed by atoms with E-state index in [1.807, 2.05) is 24.3 Å². The summed E-state index contributed by atoms with van der Waals surface area (Å²) in [5.74, 6) is -2.56. The van der Waals surface area contributed by atoms with Crippen LogP contribution in [0.15, 0.2) is 54.7 Å². The molecule has 2 aliphatic rings. The van der Waals surface area contributed by atoms with Crippen molar-refractivity contribution in [1.29, 1.82) is 0 Å². The summed E-state index contributed by atoms with van der Waals surface area (Å²) < 4.78 is 24.3. The summed E-state index contributed by atoms with van der Waals surface area (Å²) in [6, 6.07) is 14.2. The van der Waals surface area contributed by atoms with E-state index in [1.54, 1.807) is 35.0 Å². The van der Waals surface area contributed by atoms with Crippen molar-refractivity contribution < 1.29 is 42.9 Å². The smallest absolute Gasteiger partial charge is 0.303 e. The number of benzene rings is 2. The third kappa shape index (κ3) is 5.07. The summed E-state index contributed by atoms with van der Waals surface area (Å²) in [4.78, 5) is 62.8. The lowest BCUT2D eigenvalue weighted by Crippen LogP contribution is -2.55. The Kier molecular flexibility index (Phi) is 7.40. The molecule has 0 bridgehead atoms. The molecule has 40 heavy (non-hydrogen) atoms. The first-order valence-electron chi connectivity index (χ1n) is 12.8. The SMILES string of the molecule is CC(=O)OC1COC(n2cc(CCN3C(=O)c4ccccc4C3=O)c3ccccc32)C(OC(C)=O)C1OC(C)=O. The Hall–Kier alpha value is -4.51. The molecule has 5 rings (SSSR count). The maximum absolute atomic E-state index is 12.9. The van der Waals surface area contributed by atoms with Gasteiger partial charge < -0.3 is 23.5 Å². The van der Waals surface area contributed by atoms with Gasteiger partial charge in [-0.3, -0.25) is 28.9 Å². The summed E-state index contributed by atoms with van der Waals surface area (Å²) in [5.41, 5.74) is 2.32. The van der Waals surface area contributed by atoms with Crippen LogP contribution < -0.4 is 0 Å². The van der Waals surface area contributed by atoms with E-state index in [0.717, 1.165) is 16.5 Å². The summed E-state index contributed by atoms with van der Waals surface area (Å²) in [6.07, 6.45) is -2.02. The van der Waals surface area contributed by atoms with Crippen LogP contribution in [0, 0.1) is 0 Å². The highest BCUT2D eigenvalue weighted by Gasteiger charge is 2.48. The molecule has 3 heterocycles. The Labute approximate surface area is 229 Å². The Morgan fingerprint density at radius 1 is 0.825 bits per heavy atom. The van der Waals surface area contributed by atoms with Crippen LogP contribution in [-0.4, -0.2) is 70.7 Å². The molecule has 0 aliphatic carbocycles. The molecule has 208 valence electrons. The van der Waals surface area contributed by atoms with Gasteiger partial charge in [-0.15, -0.1) is 0 Å². The van der Waals surface area contributed by atoms with Gasteiger partial charge in [0.15, 0.2) is 24.5 Å². The second-order valence-electron chi connectivity index (χ2n) is 9.66. The minimum Gasteiger partial charge on any atom is -0.456 e. The van der Waals surface area contributed by atoms with Crippen LogP contribution in [0.4, 0.5) is 0 Å². The van der Waals surface area contributed by atoms with Crippen LogP contribution in [0.1, 0.15) is 53.3 Å². The number of nitrogens with zero attached hydrogens (tertiary/aromatic N) is 2. The molecule has 1 saturated heterocycles. The Morgan fingerprint density at radius 3 is 2.02 bits per heavy atom. The average molecular weight is 549 g/mol. The lowest BCUT2D eigenvalue weighted by molar-refractivity contribution is -0.239.